The molecule has 0 radical (unpaired) electrons. The molecule has 0 bridgehead atoms. The average molecular weight is 252 g/mol. The number of carbonyl (C=O) groups is 1. The quantitative estimate of drug-likeness (QED) is 0.810. The van der Waals surface area contributed by atoms with E-state index in [4.69, 9.17) is 5.73 Å². The van der Waals surface area contributed by atoms with Crippen molar-refractivity contribution in [3.63, 3.8) is 0 Å². The second kappa shape index (κ2) is 4.73. The lowest BCUT2D eigenvalue weighted by Crippen LogP contribution is -2.20. The summed E-state index contributed by atoms with van der Waals surface area (Å²) < 4.78 is 35.8. The van der Waals surface area contributed by atoms with Crippen molar-refractivity contribution in [2.45, 2.75) is 19.5 Å². The van der Waals surface area contributed by atoms with E-state index >= 15 is 0 Å². The van der Waals surface area contributed by atoms with E-state index in [0.29, 0.717) is 4.88 Å². The first-order valence-electron chi connectivity index (χ1n) is 4.56. The molecule has 0 atom stereocenters. The van der Waals surface area contributed by atoms with Gasteiger partial charge in [0.15, 0.2) is 5.78 Å². The zero-order valence-corrected chi connectivity index (χ0v) is 9.34. The number of ketones is 1. The SMILES string of the molecule is CCC(=O)c1sc(NCC(F)(F)F)cc1N. The summed E-state index contributed by atoms with van der Waals surface area (Å²) >= 11 is 0.947. The predicted octanol–water partition coefficient (Wildman–Crippen LogP) is 2.90. The highest BCUT2D eigenvalue weighted by atomic mass is 32.1. The first-order chi connectivity index (χ1) is 7.33. The van der Waals surface area contributed by atoms with Crippen LogP contribution < -0.4 is 11.1 Å². The fourth-order valence-corrected chi connectivity index (χ4v) is 2.04. The van der Waals surface area contributed by atoms with Crippen LogP contribution in [0.15, 0.2) is 6.07 Å². The zero-order chi connectivity index (χ0) is 12.3. The van der Waals surface area contributed by atoms with Crippen LogP contribution in [-0.2, 0) is 0 Å². The van der Waals surface area contributed by atoms with E-state index in [-0.39, 0.29) is 22.9 Å². The number of anilines is 2. The van der Waals surface area contributed by atoms with Crippen LogP contribution >= 0.6 is 11.3 Å². The van der Waals surface area contributed by atoms with E-state index in [9.17, 15) is 18.0 Å². The third-order valence-corrected chi connectivity index (χ3v) is 2.95. The van der Waals surface area contributed by atoms with Crippen molar-refractivity contribution in [3.05, 3.63) is 10.9 Å². The minimum absolute atomic E-state index is 0.164. The van der Waals surface area contributed by atoms with Crippen molar-refractivity contribution in [3.8, 4) is 0 Å². The van der Waals surface area contributed by atoms with Crippen LogP contribution in [0.2, 0.25) is 0 Å². The number of Topliss-reactive ketones (excluding diaryl/α,β-unsaturated/α-hetero) is 1. The molecule has 0 aliphatic carbocycles. The minimum atomic E-state index is -4.28. The maximum atomic E-state index is 11.9. The average Bonchev–Trinajstić information content (AvgIpc) is 2.55. The monoisotopic (exact) mass is 252 g/mol. The van der Waals surface area contributed by atoms with Crippen LogP contribution in [0.25, 0.3) is 0 Å². The largest absolute Gasteiger partial charge is 0.405 e. The lowest BCUT2D eigenvalue weighted by atomic mass is 10.2. The molecule has 0 amide bonds. The van der Waals surface area contributed by atoms with Crippen molar-refractivity contribution in [1.29, 1.82) is 0 Å². The topological polar surface area (TPSA) is 55.1 Å². The Morgan fingerprint density at radius 2 is 2.19 bits per heavy atom. The number of halogens is 3. The molecule has 3 nitrogen and oxygen atoms in total. The van der Waals surface area contributed by atoms with Crippen molar-refractivity contribution < 1.29 is 18.0 Å². The van der Waals surface area contributed by atoms with Crippen LogP contribution in [0.4, 0.5) is 23.9 Å². The number of alkyl halides is 3. The molecule has 0 aliphatic rings. The molecule has 0 saturated carbocycles. The van der Waals surface area contributed by atoms with Gasteiger partial charge in [-0.2, -0.15) is 13.2 Å². The van der Waals surface area contributed by atoms with Crippen LogP contribution in [-0.4, -0.2) is 18.5 Å². The van der Waals surface area contributed by atoms with Crippen LogP contribution in [0.3, 0.4) is 0 Å². The van der Waals surface area contributed by atoms with Gasteiger partial charge in [0, 0.05) is 6.42 Å². The molecule has 1 rings (SSSR count). The van der Waals surface area contributed by atoms with E-state index in [0.717, 1.165) is 11.3 Å². The molecule has 0 unspecified atom stereocenters. The van der Waals surface area contributed by atoms with Gasteiger partial charge in [0.1, 0.15) is 6.54 Å². The number of nitrogens with two attached hydrogens (primary N) is 1. The van der Waals surface area contributed by atoms with Crippen molar-refractivity contribution in [2.75, 3.05) is 17.6 Å². The standard InChI is InChI=1S/C9H11F3N2OS/c1-2-6(15)8-5(13)3-7(16-8)14-4-9(10,11)12/h3,14H,2,4,13H2,1H3. The van der Waals surface area contributed by atoms with Gasteiger partial charge in [-0.05, 0) is 6.07 Å². The van der Waals surface area contributed by atoms with Crippen molar-refractivity contribution >= 4 is 27.8 Å². The third kappa shape index (κ3) is 3.41. The Morgan fingerprint density at radius 1 is 1.56 bits per heavy atom. The number of thiophene rings is 1. The van der Waals surface area contributed by atoms with Crippen molar-refractivity contribution in [1.82, 2.24) is 0 Å². The molecule has 7 heteroatoms. The number of nitrogens with one attached hydrogen (secondary N) is 1. The second-order valence-electron chi connectivity index (χ2n) is 3.14. The molecule has 0 aliphatic heterocycles. The summed E-state index contributed by atoms with van der Waals surface area (Å²) in [7, 11) is 0. The van der Waals surface area contributed by atoms with Gasteiger partial charge >= 0.3 is 6.18 Å². The van der Waals surface area contributed by atoms with Crippen LogP contribution in [0.1, 0.15) is 23.0 Å². The Hall–Kier alpha value is -1.24. The summed E-state index contributed by atoms with van der Waals surface area (Å²) in [4.78, 5) is 11.6. The molecule has 1 aromatic heterocycles. The molecule has 16 heavy (non-hydrogen) atoms. The molecule has 0 saturated heterocycles. The predicted molar refractivity (Wildman–Crippen MR) is 57.9 cm³/mol. The molecular weight excluding hydrogens is 241 g/mol. The Bertz CT molecular complexity index is 387. The highest BCUT2D eigenvalue weighted by molar-refractivity contribution is 7.18. The number of carbonyl (C=O) groups excluding carboxylic acids is 1. The minimum Gasteiger partial charge on any atom is -0.397 e. The van der Waals surface area contributed by atoms with Gasteiger partial charge in [0.05, 0.1) is 15.6 Å². The third-order valence-electron chi connectivity index (χ3n) is 1.80. The van der Waals surface area contributed by atoms with Gasteiger partial charge in [-0.3, -0.25) is 4.79 Å². The Labute approximate surface area is 94.4 Å². The molecule has 1 aromatic rings. The highest BCUT2D eigenvalue weighted by Gasteiger charge is 2.27. The zero-order valence-electron chi connectivity index (χ0n) is 8.52. The lowest BCUT2D eigenvalue weighted by Gasteiger charge is -2.06. The van der Waals surface area contributed by atoms with Crippen molar-refractivity contribution in [2.24, 2.45) is 0 Å². The van der Waals surface area contributed by atoms with Gasteiger partial charge in [-0.25, -0.2) is 0 Å². The number of hydrogen-bond acceptors (Lipinski definition) is 4. The molecule has 0 fully saturated rings. The molecule has 3 N–H and O–H groups in total. The Balaban J connectivity index is 2.74. The van der Waals surface area contributed by atoms with E-state index in [1.165, 1.54) is 6.07 Å². The molecule has 1 heterocycles. The molecule has 0 spiro atoms. The highest BCUT2D eigenvalue weighted by Crippen LogP contribution is 2.31. The summed E-state index contributed by atoms with van der Waals surface area (Å²) in [5.41, 5.74) is 5.75. The van der Waals surface area contributed by atoms with Gasteiger partial charge in [-0.15, -0.1) is 11.3 Å². The van der Waals surface area contributed by atoms with Gasteiger partial charge in [0.25, 0.3) is 0 Å². The number of rotatable bonds is 4. The van der Waals surface area contributed by atoms with Crippen LogP contribution in [0.5, 0.6) is 0 Å². The van der Waals surface area contributed by atoms with E-state index in [2.05, 4.69) is 5.32 Å². The van der Waals surface area contributed by atoms with E-state index in [1.54, 1.807) is 6.92 Å². The Kier molecular flexibility index (Phi) is 3.79. The van der Waals surface area contributed by atoms with E-state index < -0.39 is 12.7 Å². The number of nitrogen functional groups attached to an aromatic ring is 1. The summed E-state index contributed by atoms with van der Waals surface area (Å²) in [6, 6.07) is 1.35. The normalized spacial score (nSPS) is 11.5. The summed E-state index contributed by atoms with van der Waals surface area (Å²) in [6.45, 7) is 0.539. The fraction of sp³-hybridized carbons (Fsp3) is 0.444. The Morgan fingerprint density at radius 3 is 2.69 bits per heavy atom. The first kappa shape index (κ1) is 12.8. The smallest absolute Gasteiger partial charge is 0.397 e. The second-order valence-corrected chi connectivity index (χ2v) is 4.19. The lowest BCUT2D eigenvalue weighted by molar-refractivity contribution is -0.115. The maximum absolute atomic E-state index is 11.9. The fourth-order valence-electron chi connectivity index (χ4n) is 1.06. The first-order valence-corrected chi connectivity index (χ1v) is 5.38. The molecule has 0 aromatic carbocycles. The van der Waals surface area contributed by atoms with Gasteiger partial charge < -0.3 is 11.1 Å². The van der Waals surface area contributed by atoms with Crippen LogP contribution in [0, 0.1) is 0 Å². The summed E-state index contributed by atoms with van der Waals surface area (Å²) in [5.74, 6) is -0.164. The summed E-state index contributed by atoms with van der Waals surface area (Å²) in [5, 5.41) is 2.44. The molecule has 90 valence electrons. The van der Waals surface area contributed by atoms with Gasteiger partial charge in [-0.1, -0.05) is 6.92 Å². The summed E-state index contributed by atoms with van der Waals surface area (Å²) in [6.07, 6.45) is -4.00. The molecular formula is C9H11F3N2OS. The maximum Gasteiger partial charge on any atom is 0.405 e. The van der Waals surface area contributed by atoms with Gasteiger partial charge in [0.2, 0.25) is 0 Å². The number of hydrogen-bond donors (Lipinski definition) is 2. The van der Waals surface area contributed by atoms with E-state index in [1.807, 2.05) is 0 Å².